The molecule has 0 N–H and O–H groups in total. The highest BCUT2D eigenvalue weighted by molar-refractivity contribution is 5.88. The normalized spacial score (nSPS) is 14.9. The van der Waals surface area contributed by atoms with Crippen LogP contribution in [0.5, 0.6) is 0 Å². The van der Waals surface area contributed by atoms with Crippen LogP contribution in [0.1, 0.15) is 49.9 Å². The number of rotatable bonds is 4. The van der Waals surface area contributed by atoms with Crippen molar-refractivity contribution in [3.05, 3.63) is 162 Å². The van der Waals surface area contributed by atoms with Crippen LogP contribution in [0.25, 0.3) is 33.4 Å². The van der Waals surface area contributed by atoms with Gasteiger partial charge < -0.3 is 4.90 Å². The zero-order valence-corrected chi connectivity index (χ0v) is 25.2. The molecule has 0 heterocycles. The molecule has 0 saturated carbocycles. The van der Waals surface area contributed by atoms with Gasteiger partial charge in [-0.25, -0.2) is 0 Å². The van der Waals surface area contributed by atoms with E-state index in [9.17, 15) is 0 Å². The van der Waals surface area contributed by atoms with Gasteiger partial charge in [0, 0.05) is 27.9 Å². The Hall–Kier alpha value is -4.88. The van der Waals surface area contributed by atoms with Gasteiger partial charge in [0.2, 0.25) is 0 Å². The van der Waals surface area contributed by atoms with E-state index in [1.165, 1.54) is 67.0 Å². The highest BCUT2D eigenvalue weighted by Crippen LogP contribution is 2.53. The Bertz CT molecular complexity index is 1900. The second-order valence-electron chi connectivity index (χ2n) is 13.0. The van der Waals surface area contributed by atoms with E-state index in [1.807, 2.05) is 0 Å². The molecule has 6 aromatic carbocycles. The lowest BCUT2D eigenvalue weighted by molar-refractivity contribution is 0.660. The lowest BCUT2D eigenvalue weighted by atomic mass is 9.82. The minimum atomic E-state index is -0.0632. The van der Waals surface area contributed by atoms with Crippen LogP contribution in [0, 0.1) is 0 Å². The van der Waals surface area contributed by atoms with Crippen molar-refractivity contribution < 1.29 is 0 Å². The Labute approximate surface area is 255 Å². The minimum absolute atomic E-state index is 0.0632. The lowest BCUT2D eigenvalue weighted by Gasteiger charge is -2.30. The van der Waals surface area contributed by atoms with Crippen molar-refractivity contribution in [1.82, 2.24) is 0 Å². The predicted octanol–water partition coefficient (Wildman–Crippen LogP) is 11.4. The fourth-order valence-electron chi connectivity index (χ4n) is 7.54. The molecular weight excluding hydrogens is 518 g/mol. The molecule has 0 fully saturated rings. The molecule has 1 heteroatoms. The quantitative estimate of drug-likeness (QED) is 0.210. The standard InChI is InChI=1S/C42H35N/c1-41(2)37-16-10-8-14-33(37)35-24-22-31(26-39(35)41)43(30-20-18-29(19-21-30)28-12-6-5-7-13-28)32-23-25-36-34-15-9-11-17-38(34)42(3,4)40(36)27-32/h5-27H,1-4H3. The molecule has 208 valence electrons. The third-order valence-electron chi connectivity index (χ3n) is 9.88. The molecule has 0 aromatic heterocycles. The molecule has 6 aromatic rings. The Morgan fingerprint density at radius 3 is 1.26 bits per heavy atom. The topological polar surface area (TPSA) is 3.24 Å². The van der Waals surface area contributed by atoms with Gasteiger partial charge in [-0.1, -0.05) is 131 Å². The van der Waals surface area contributed by atoms with Crippen molar-refractivity contribution in [3.8, 4) is 33.4 Å². The molecule has 2 aliphatic rings. The van der Waals surface area contributed by atoms with Gasteiger partial charge in [0.25, 0.3) is 0 Å². The molecule has 0 radical (unpaired) electrons. The Morgan fingerprint density at radius 2 is 0.744 bits per heavy atom. The second-order valence-corrected chi connectivity index (χ2v) is 13.0. The first-order chi connectivity index (χ1) is 20.8. The van der Waals surface area contributed by atoms with Crippen molar-refractivity contribution in [2.45, 2.75) is 38.5 Å². The molecule has 8 rings (SSSR count). The summed E-state index contributed by atoms with van der Waals surface area (Å²) in [6.07, 6.45) is 0. The first kappa shape index (κ1) is 25.8. The minimum Gasteiger partial charge on any atom is -0.310 e. The zero-order valence-electron chi connectivity index (χ0n) is 25.2. The number of hydrogen-bond donors (Lipinski definition) is 0. The molecule has 0 bridgehead atoms. The van der Waals surface area contributed by atoms with Crippen molar-refractivity contribution in [2.24, 2.45) is 0 Å². The molecule has 2 aliphatic carbocycles. The van der Waals surface area contributed by atoms with Gasteiger partial charge >= 0.3 is 0 Å². The fourth-order valence-corrected chi connectivity index (χ4v) is 7.54. The largest absolute Gasteiger partial charge is 0.310 e. The van der Waals surface area contributed by atoms with Crippen LogP contribution in [-0.2, 0) is 10.8 Å². The van der Waals surface area contributed by atoms with E-state index in [1.54, 1.807) is 0 Å². The Kier molecular flexibility index (Phi) is 5.59. The van der Waals surface area contributed by atoms with E-state index in [0.29, 0.717) is 0 Å². The van der Waals surface area contributed by atoms with Gasteiger partial charge in [-0.2, -0.15) is 0 Å². The molecule has 43 heavy (non-hydrogen) atoms. The molecule has 0 saturated heterocycles. The van der Waals surface area contributed by atoms with Crippen molar-refractivity contribution >= 4 is 17.1 Å². The van der Waals surface area contributed by atoms with Crippen molar-refractivity contribution in [1.29, 1.82) is 0 Å². The molecule has 0 amide bonds. The smallest absolute Gasteiger partial charge is 0.0465 e. The summed E-state index contributed by atoms with van der Waals surface area (Å²) in [5.41, 5.74) is 16.8. The molecule has 1 nitrogen and oxygen atoms in total. The maximum atomic E-state index is 2.44. The van der Waals surface area contributed by atoms with Crippen molar-refractivity contribution in [2.75, 3.05) is 4.90 Å². The van der Waals surface area contributed by atoms with Gasteiger partial charge in [-0.05, 0) is 92.0 Å². The summed E-state index contributed by atoms with van der Waals surface area (Å²) in [4.78, 5) is 2.44. The number of fused-ring (bicyclic) bond motifs is 6. The first-order valence-corrected chi connectivity index (χ1v) is 15.3. The van der Waals surface area contributed by atoms with Gasteiger partial charge in [0.1, 0.15) is 0 Å². The second kappa shape index (κ2) is 9.31. The van der Waals surface area contributed by atoms with Crippen LogP contribution < -0.4 is 4.90 Å². The van der Waals surface area contributed by atoms with E-state index >= 15 is 0 Å². The summed E-state index contributed by atoms with van der Waals surface area (Å²) in [6, 6.07) is 51.5. The van der Waals surface area contributed by atoms with Gasteiger partial charge in [-0.15, -0.1) is 0 Å². The molecule has 0 unspecified atom stereocenters. The monoisotopic (exact) mass is 553 g/mol. The Morgan fingerprint density at radius 1 is 0.349 bits per heavy atom. The number of benzene rings is 6. The predicted molar refractivity (Wildman–Crippen MR) is 182 cm³/mol. The van der Waals surface area contributed by atoms with Crippen LogP contribution in [0.4, 0.5) is 17.1 Å². The van der Waals surface area contributed by atoms with Crippen LogP contribution in [-0.4, -0.2) is 0 Å². The number of anilines is 3. The van der Waals surface area contributed by atoms with Gasteiger partial charge in [0.15, 0.2) is 0 Å². The summed E-state index contributed by atoms with van der Waals surface area (Å²) in [6.45, 7) is 9.43. The Balaban J connectivity index is 1.30. The summed E-state index contributed by atoms with van der Waals surface area (Å²) in [5, 5.41) is 0. The molecule has 0 aliphatic heterocycles. The van der Waals surface area contributed by atoms with E-state index < -0.39 is 0 Å². The highest BCUT2D eigenvalue weighted by atomic mass is 15.1. The van der Waals surface area contributed by atoms with E-state index in [-0.39, 0.29) is 10.8 Å². The van der Waals surface area contributed by atoms with Crippen molar-refractivity contribution in [3.63, 3.8) is 0 Å². The van der Waals surface area contributed by atoms with E-state index in [2.05, 4.69) is 172 Å². The third-order valence-corrected chi connectivity index (χ3v) is 9.88. The fraction of sp³-hybridized carbons (Fsp3) is 0.143. The average Bonchev–Trinajstić information content (AvgIpc) is 3.41. The molecular formula is C42H35N. The highest BCUT2D eigenvalue weighted by Gasteiger charge is 2.37. The number of nitrogens with zero attached hydrogens (tertiary/aromatic N) is 1. The molecule has 0 atom stereocenters. The average molecular weight is 554 g/mol. The third kappa shape index (κ3) is 3.85. The summed E-state index contributed by atoms with van der Waals surface area (Å²) >= 11 is 0. The lowest BCUT2D eigenvalue weighted by Crippen LogP contribution is -2.18. The summed E-state index contributed by atoms with van der Waals surface area (Å²) < 4.78 is 0. The maximum Gasteiger partial charge on any atom is 0.0465 e. The number of hydrogen-bond acceptors (Lipinski definition) is 1. The maximum absolute atomic E-state index is 2.44. The summed E-state index contributed by atoms with van der Waals surface area (Å²) in [7, 11) is 0. The van der Waals surface area contributed by atoms with E-state index in [4.69, 9.17) is 0 Å². The van der Waals surface area contributed by atoms with Gasteiger partial charge in [-0.3, -0.25) is 0 Å². The van der Waals surface area contributed by atoms with Crippen LogP contribution in [0.3, 0.4) is 0 Å². The SMILES string of the molecule is CC1(C)c2ccccc2-c2ccc(N(c3ccc(-c4ccccc4)cc3)c3ccc4c(c3)C(C)(C)c3ccccc3-4)cc21. The van der Waals surface area contributed by atoms with Crippen LogP contribution in [0.15, 0.2) is 140 Å². The zero-order chi connectivity index (χ0) is 29.3. The summed E-state index contributed by atoms with van der Waals surface area (Å²) in [5.74, 6) is 0. The van der Waals surface area contributed by atoms with Crippen LogP contribution >= 0.6 is 0 Å². The first-order valence-electron chi connectivity index (χ1n) is 15.3. The van der Waals surface area contributed by atoms with Crippen LogP contribution in [0.2, 0.25) is 0 Å². The van der Waals surface area contributed by atoms with E-state index in [0.717, 1.165) is 5.69 Å². The van der Waals surface area contributed by atoms with Gasteiger partial charge in [0.05, 0.1) is 0 Å². The molecule has 0 spiro atoms.